The number of hydrogen-bond donors (Lipinski definition) is 1. The lowest BCUT2D eigenvalue weighted by Gasteiger charge is -2.27. The summed E-state index contributed by atoms with van der Waals surface area (Å²) in [5.41, 5.74) is -1.52. The summed E-state index contributed by atoms with van der Waals surface area (Å²) in [7, 11) is 0. The molecule has 2 atom stereocenters. The van der Waals surface area contributed by atoms with Crippen molar-refractivity contribution in [2.24, 2.45) is 0 Å². The third-order valence-corrected chi connectivity index (χ3v) is 4.68. The van der Waals surface area contributed by atoms with Gasteiger partial charge in [0.05, 0.1) is 6.54 Å². The van der Waals surface area contributed by atoms with E-state index < -0.39 is 17.3 Å². The Morgan fingerprint density at radius 1 is 1.61 bits per heavy atom. The zero-order chi connectivity index (χ0) is 14.0. The zero-order valence-electron chi connectivity index (χ0n) is 10.8. The summed E-state index contributed by atoms with van der Waals surface area (Å²) in [5.74, 6) is 0. The molecule has 0 saturated heterocycles. The average molecular weight is 385 g/mol. The van der Waals surface area contributed by atoms with Gasteiger partial charge in [-0.2, -0.15) is 0 Å². The first kappa shape index (κ1) is 16.0. The van der Waals surface area contributed by atoms with Crippen molar-refractivity contribution in [2.45, 2.75) is 43.2 Å². The quantitative estimate of drug-likeness (QED) is 0.761. The fourth-order valence-electron chi connectivity index (χ4n) is 1.65. The number of hydrogen-bond acceptors (Lipinski definition) is 3. The molecule has 1 rings (SSSR count). The van der Waals surface area contributed by atoms with Gasteiger partial charge in [-0.25, -0.2) is 4.79 Å². The highest BCUT2D eigenvalue weighted by Gasteiger charge is 2.36. The molecule has 18 heavy (non-hydrogen) atoms. The van der Waals surface area contributed by atoms with Crippen LogP contribution in [0, 0.1) is 0 Å². The second-order valence-electron chi connectivity index (χ2n) is 5.48. The minimum Gasteiger partial charge on any atom is -0.443 e. The molecule has 0 aliphatic carbocycles. The number of rotatable bonds is 3. The molecule has 6 heteroatoms. The molecule has 0 aromatic carbocycles. The highest BCUT2D eigenvalue weighted by Crippen LogP contribution is 2.27. The molecule has 0 aromatic rings. The van der Waals surface area contributed by atoms with E-state index in [0.717, 1.165) is 5.33 Å². The van der Waals surface area contributed by atoms with E-state index in [4.69, 9.17) is 4.74 Å². The standard InChI is InChI=1S/C12H19Br2NO3/c1-11(2,3)18-10(16)15-5-4-12(17,8-15)6-9(14)7-13/h4-5,9,17H,6-8H2,1-3H3. The van der Waals surface area contributed by atoms with Gasteiger partial charge in [0.25, 0.3) is 0 Å². The van der Waals surface area contributed by atoms with Crippen molar-refractivity contribution >= 4 is 38.0 Å². The molecular formula is C12H19Br2NO3. The van der Waals surface area contributed by atoms with Gasteiger partial charge in [-0.3, -0.25) is 4.90 Å². The van der Waals surface area contributed by atoms with Crippen LogP contribution in [-0.2, 0) is 4.74 Å². The van der Waals surface area contributed by atoms with Crippen LogP contribution in [0.25, 0.3) is 0 Å². The molecule has 2 unspecified atom stereocenters. The average Bonchev–Trinajstić information content (AvgIpc) is 2.58. The Labute approximate surface area is 125 Å². The van der Waals surface area contributed by atoms with E-state index in [-0.39, 0.29) is 11.4 Å². The maximum Gasteiger partial charge on any atom is 0.414 e. The fraction of sp³-hybridized carbons (Fsp3) is 0.750. The molecule has 1 aliphatic rings. The topological polar surface area (TPSA) is 49.8 Å². The van der Waals surface area contributed by atoms with Gasteiger partial charge >= 0.3 is 6.09 Å². The summed E-state index contributed by atoms with van der Waals surface area (Å²) in [6.07, 6.45) is 3.34. The van der Waals surface area contributed by atoms with E-state index in [0.29, 0.717) is 6.42 Å². The van der Waals surface area contributed by atoms with Gasteiger partial charge in [0, 0.05) is 16.4 Å². The van der Waals surface area contributed by atoms with Gasteiger partial charge in [-0.15, -0.1) is 0 Å². The molecular weight excluding hydrogens is 366 g/mol. The molecule has 0 bridgehead atoms. The number of halogens is 2. The van der Waals surface area contributed by atoms with Crippen molar-refractivity contribution in [1.29, 1.82) is 0 Å². The van der Waals surface area contributed by atoms with Gasteiger partial charge < -0.3 is 9.84 Å². The van der Waals surface area contributed by atoms with Crippen molar-refractivity contribution in [3.05, 3.63) is 12.3 Å². The molecule has 0 spiro atoms. The van der Waals surface area contributed by atoms with Gasteiger partial charge in [0.15, 0.2) is 0 Å². The molecule has 4 nitrogen and oxygen atoms in total. The predicted molar refractivity (Wildman–Crippen MR) is 78.2 cm³/mol. The first-order chi connectivity index (χ1) is 8.15. The van der Waals surface area contributed by atoms with Crippen LogP contribution in [0.2, 0.25) is 0 Å². The van der Waals surface area contributed by atoms with Gasteiger partial charge in [0.2, 0.25) is 0 Å². The molecule has 1 N–H and O–H groups in total. The van der Waals surface area contributed by atoms with Crippen LogP contribution in [0.5, 0.6) is 0 Å². The van der Waals surface area contributed by atoms with E-state index in [1.165, 1.54) is 4.90 Å². The van der Waals surface area contributed by atoms with Gasteiger partial charge in [-0.1, -0.05) is 31.9 Å². The van der Waals surface area contributed by atoms with Crippen molar-refractivity contribution in [3.8, 4) is 0 Å². The van der Waals surface area contributed by atoms with Gasteiger partial charge in [0.1, 0.15) is 11.2 Å². The van der Waals surface area contributed by atoms with Crippen LogP contribution in [0.1, 0.15) is 27.2 Å². The monoisotopic (exact) mass is 383 g/mol. The second kappa shape index (κ2) is 5.92. The summed E-state index contributed by atoms with van der Waals surface area (Å²) >= 11 is 6.80. The highest BCUT2D eigenvalue weighted by atomic mass is 79.9. The summed E-state index contributed by atoms with van der Waals surface area (Å²) in [4.78, 5) is 13.4. The maximum atomic E-state index is 11.8. The molecule has 0 aromatic heterocycles. The number of nitrogens with zero attached hydrogens (tertiary/aromatic N) is 1. The van der Waals surface area contributed by atoms with Crippen molar-refractivity contribution in [3.63, 3.8) is 0 Å². The van der Waals surface area contributed by atoms with Crippen LogP contribution >= 0.6 is 31.9 Å². The Morgan fingerprint density at radius 2 is 2.22 bits per heavy atom. The number of β-amino-alcohol motifs (C(OH)–C–C–N with tert-alkyl or cyclic N) is 1. The molecule has 104 valence electrons. The molecule has 0 fully saturated rings. The Bertz CT molecular complexity index is 341. The number of amides is 1. The summed E-state index contributed by atoms with van der Waals surface area (Å²) in [6, 6.07) is 0. The third kappa shape index (κ3) is 4.90. The van der Waals surface area contributed by atoms with Crippen LogP contribution in [-0.4, -0.2) is 44.0 Å². The Morgan fingerprint density at radius 3 is 2.72 bits per heavy atom. The summed E-state index contributed by atoms with van der Waals surface area (Å²) < 4.78 is 5.25. The summed E-state index contributed by atoms with van der Waals surface area (Å²) in [6.45, 7) is 5.68. The Balaban J connectivity index is 2.56. The van der Waals surface area contributed by atoms with E-state index in [9.17, 15) is 9.90 Å². The zero-order valence-corrected chi connectivity index (χ0v) is 14.0. The number of ether oxygens (including phenoxy) is 1. The fourth-order valence-corrected chi connectivity index (χ4v) is 2.44. The van der Waals surface area contributed by atoms with E-state index in [2.05, 4.69) is 31.9 Å². The van der Waals surface area contributed by atoms with Gasteiger partial charge in [-0.05, 0) is 33.3 Å². The lowest BCUT2D eigenvalue weighted by Crippen LogP contribution is -2.40. The number of carbonyl (C=O) groups excluding carboxylic acids is 1. The van der Waals surface area contributed by atoms with Crippen LogP contribution in [0.3, 0.4) is 0 Å². The molecule has 1 amide bonds. The van der Waals surface area contributed by atoms with E-state index in [1.54, 1.807) is 12.3 Å². The van der Waals surface area contributed by atoms with E-state index >= 15 is 0 Å². The molecule has 1 heterocycles. The SMILES string of the molecule is CC(C)(C)OC(=O)N1C=CC(O)(CC(Br)CBr)C1. The lowest BCUT2D eigenvalue weighted by molar-refractivity contribution is 0.0191. The van der Waals surface area contributed by atoms with Crippen LogP contribution in [0.15, 0.2) is 12.3 Å². The van der Waals surface area contributed by atoms with Crippen molar-refractivity contribution < 1.29 is 14.6 Å². The normalized spacial score (nSPS) is 25.3. The number of aliphatic hydroxyl groups is 1. The predicted octanol–water partition coefficient (Wildman–Crippen LogP) is 3.03. The van der Waals surface area contributed by atoms with Crippen molar-refractivity contribution in [1.82, 2.24) is 4.90 Å². The third-order valence-electron chi connectivity index (χ3n) is 2.38. The molecule has 1 aliphatic heterocycles. The lowest BCUT2D eigenvalue weighted by atomic mass is 10.0. The van der Waals surface area contributed by atoms with E-state index in [1.807, 2.05) is 20.8 Å². The highest BCUT2D eigenvalue weighted by molar-refractivity contribution is 9.12. The second-order valence-corrected chi connectivity index (χ2v) is 7.43. The first-order valence-corrected chi connectivity index (χ1v) is 7.80. The maximum absolute atomic E-state index is 11.8. The van der Waals surface area contributed by atoms with Crippen molar-refractivity contribution in [2.75, 3.05) is 11.9 Å². The molecule has 0 saturated carbocycles. The largest absolute Gasteiger partial charge is 0.443 e. The Kier molecular flexibility index (Phi) is 5.26. The minimum absolute atomic E-state index is 0.158. The smallest absolute Gasteiger partial charge is 0.414 e. The number of alkyl halides is 2. The van der Waals surface area contributed by atoms with Crippen LogP contribution in [0.4, 0.5) is 4.79 Å². The summed E-state index contributed by atoms with van der Waals surface area (Å²) in [5, 5.41) is 11.1. The minimum atomic E-state index is -0.987. The molecule has 0 radical (unpaired) electrons. The van der Waals surface area contributed by atoms with Crippen LogP contribution < -0.4 is 0 Å². The first-order valence-electron chi connectivity index (χ1n) is 5.77. The number of carbonyl (C=O) groups is 1. The Hall–Kier alpha value is -0.0700.